The minimum atomic E-state index is -0.511. The van der Waals surface area contributed by atoms with Crippen molar-refractivity contribution in [2.75, 3.05) is 18.4 Å². The van der Waals surface area contributed by atoms with Gasteiger partial charge in [0.05, 0.1) is 5.41 Å². The molecule has 5 nitrogen and oxygen atoms in total. The van der Waals surface area contributed by atoms with Gasteiger partial charge < -0.3 is 15.0 Å². The zero-order valence-electron chi connectivity index (χ0n) is 15.8. The fourth-order valence-electron chi connectivity index (χ4n) is 3.70. The maximum atomic E-state index is 12.7. The lowest BCUT2D eigenvalue weighted by molar-refractivity contribution is -0.122. The van der Waals surface area contributed by atoms with Crippen molar-refractivity contribution in [1.29, 1.82) is 0 Å². The second-order valence-corrected chi connectivity index (χ2v) is 8.46. The number of rotatable bonds is 1. The number of nitrogens with one attached hydrogen (secondary N) is 1. The standard InChI is InChI=1S/C20H28N2O3/c1-13(2)14-6-7-15-16(12-14)21-17(23)20(15)8-10-22(11-9-20)18(24)25-19(3,4)5/h6-7,12-13H,8-11H2,1-5H3,(H,21,23). The molecule has 0 radical (unpaired) electrons. The number of carbonyl (C=O) groups excluding carboxylic acids is 2. The van der Waals surface area contributed by atoms with E-state index in [4.69, 9.17) is 4.74 Å². The minimum Gasteiger partial charge on any atom is -0.444 e. The van der Waals surface area contributed by atoms with Crippen LogP contribution in [0.5, 0.6) is 0 Å². The highest BCUT2D eigenvalue weighted by Crippen LogP contribution is 2.45. The predicted molar refractivity (Wildman–Crippen MR) is 97.9 cm³/mol. The summed E-state index contributed by atoms with van der Waals surface area (Å²) in [5.74, 6) is 0.486. The van der Waals surface area contributed by atoms with Crippen molar-refractivity contribution < 1.29 is 14.3 Å². The summed E-state index contributed by atoms with van der Waals surface area (Å²) in [7, 11) is 0. The largest absolute Gasteiger partial charge is 0.444 e. The van der Waals surface area contributed by atoms with E-state index in [1.165, 1.54) is 5.56 Å². The second kappa shape index (κ2) is 6.04. The molecule has 0 unspecified atom stereocenters. The summed E-state index contributed by atoms with van der Waals surface area (Å²) in [4.78, 5) is 26.7. The number of fused-ring (bicyclic) bond motifs is 2. The van der Waals surface area contributed by atoms with Crippen LogP contribution in [-0.4, -0.2) is 35.6 Å². The molecule has 2 heterocycles. The molecule has 25 heavy (non-hydrogen) atoms. The Balaban J connectivity index is 1.78. The molecule has 136 valence electrons. The molecule has 2 aliphatic rings. The first-order valence-electron chi connectivity index (χ1n) is 9.06. The van der Waals surface area contributed by atoms with Crippen LogP contribution < -0.4 is 5.32 Å². The Morgan fingerprint density at radius 1 is 1.24 bits per heavy atom. The summed E-state index contributed by atoms with van der Waals surface area (Å²) in [6.45, 7) is 11.0. The first-order chi connectivity index (χ1) is 11.6. The van der Waals surface area contributed by atoms with E-state index >= 15 is 0 Å². The minimum absolute atomic E-state index is 0.0623. The van der Waals surface area contributed by atoms with Crippen molar-refractivity contribution in [3.8, 4) is 0 Å². The molecule has 2 amide bonds. The van der Waals surface area contributed by atoms with Gasteiger partial charge in [0, 0.05) is 18.8 Å². The van der Waals surface area contributed by atoms with E-state index in [0.717, 1.165) is 11.3 Å². The monoisotopic (exact) mass is 344 g/mol. The molecule has 1 spiro atoms. The zero-order chi connectivity index (χ0) is 18.4. The summed E-state index contributed by atoms with van der Waals surface area (Å²) < 4.78 is 5.45. The van der Waals surface area contributed by atoms with Gasteiger partial charge in [0.2, 0.25) is 5.91 Å². The summed E-state index contributed by atoms with van der Waals surface area (Å²) >= 11 is 0. The van der Waals surface area contributed by atoms with Crippen LogP contribution in [0.2, 0.25) is 0 Å². The van der Waals surface area contributed by atoms with E-state index in [2.05, 4.69) is 37.4 Å². The van der Waals surface area contributed by atoms with Gasteiger partial charge in [-0.05, 0) is 56.7 Å². The molecule has 3 rings (SSSR count). The highest BCUT2D eigenvalue weighted by Gasteiger charge is 2.49. The van der Waals surface area contributed by atoms with Crippen molar-refractivity contribution >= 4 is 17.7 Å². The van der Waals surface area contributed by atoms with Crippen LogP contribution in [0, 0.1) is 0 Å². The van der Waals surface area contributed by atoms with Crippen LogP contribution in [-0.2, 0) is 14.9 Å². The van der Waals surface area contributed by atoms with Gasteiger partial charge in [-0.1, -0.05) is 26.0 Å². The van der Waals surface area contributed by atoms with Crippen LogP contribution in [0.4, 0.5) is 10.5 Å². The molecule has 1 aromatic rings. The summed E-state index contributed by atoms with van der Waals surface area (Å²) in [6.07, 6.45) is 0.967. The first-order valence-corrected chi connectivity index (χ1v) is 9.06. The number of likely N-dealkylation sites (tertiary alicyclic amines) is 1. The molecular formula is C20H28N2O3. The number of piperidine rings is 1. The van der Waals surface area contributed by atoms with Crippen molar-refractivity contribution in [2.24, 2.45) is 0 Å². The van der Waals surface area contributed by atoms with E-state index in [1.807, 2.05) is 20.8 Å². The van der Waals surface area contributed by atoms with Gasteiger partial charge >= 0.3 is 6.09 Å². The smallest absolute Gasteiger partial charge is 0.410 e. The van der Waals surface area contributed by atoms with Crippen molar-refractivity contribution in [2.45, 2.75) is 64.4 Å². The van der Waals surface area contributed by atoms with Gasteiger partial charge in [-0.25, -0.2) is 4.79 Å². The lowest BCUT2D eigenvalue weighted by Gasteiger charge is -2.38. The maximum absolute atomic E-state index is 12.7. The number of anilines is 1. The molecule has 0 aliphatic carbocycles. The van der Waals surface area contributed by atoms with Crippen LogP contribution in [0.1, 0.15) is 64.5 Å². The number of hydrogen-bond acceptors (Lipinski definition) is 3. The molecule has 1 aromatic carbocycles. The molecule has 0 aromatic heterocycles. The molecule has 2 aliphatic heterocycles. The second-order valence-electron chi connectivity index (χ2n) is 8.46. The number of amides is 2. The third kappa shape index (κ3) is 3.24. The van der Waals surface area contributed by atoms with E-state index in [0.29, 0.717) is 31.8 Å². The van der Waals surface area contributed by atoms with E-state index < -0.39 is 11.0 Å². The van der Waals surface area contributed by atoms with Crippen LogP contribution in [0.25, 0.3) is 0 Å². The summed E-state index contributed by atoms with van der Waals surface area (Å²) in [5, 5.41) is 3.06. The SMILES string of the molecule is CC(C)c1ccc2c(c1)NC(=O)C21CCN(C(=O)OC(C)(C)C)CC1. The number of nitrogens with zero attached hydrogens (tertiary/aromatic N) is 1. The molecule has 0 atom stereocenters. The average Bonchev–Trinajstić information content (AvgIpc) is 2.78. The molecular weight excluding hydrogens is 316 g/mol. The van der Waals surface area contributed by atoms with Crippen LogP contribution in [0.15, 0.2) is 18.2 Å². The average molecular weight is 344 g/mol. The fraction of sp³-hybridized carbons (Fsp3) is 0.600. The van der Waals surface area contributed by atoms with Gasteiger partial charge in [-0.3, -0.25) is 4.79 Å². The molecule has 5 heteroatoms. The van der Waals surface area contributed by atoms with E-state index in [9.17, 15) is 9.59 Å². The summed E-state index contributed by atoms with van der Waals surface area (Å²) in [6, 6.07) is 6.30. The van der Waals surface area contributed by atoms with E-state index in [1.54, 1.807) is 4.90 Å². The maximum Gasteiger partial charge on any atom is 0.410 e. The quantitative estimate of drug-likeness (QED) is 0.837. The number of carbonyl (C=O) groups is 2. The number of benzene rings is 1. The molecule has 1 N–H and O–H groups in total. The lowest BCUT2D eigenvalue weighted by Crippen LogP contribution is -2.49. The Kier molecular flexibility index (Phi) is 4.30. The third-order valence-electron chi connectivity index (χ3n) is 5.18. The van der Waals surface area contributed by atoms with Gasteiger partial charge in [-0.2, -0.15) is 0 Å². The highest BCUT2D eigenvalue weighted by molar-refractivity contribution is 6.06. The number of hydrogen-bond donors (Lipinski definition) is 1. The van der Waals surface area contributed by atoms with Crippen LogP contribution >= 0.6 is 0 Å². The first kappa shape index (κ1) is 17.8. The Morgan fingerprint density at radius 2 is 1.88 bits per heavy atom. The van der Waals surface area contributed by atoms with Crippen molar-refractivity contribution in [3.05, 3.63) is 29.3 Å². The van der Waals surface area contributed by atoms with Crippen LogP contribution in [0.3, 0.4) is 0 Å². The topological polar surface area (TPSA) is 58.6 Å². The Hall–Kier alpha value is -2.04. The molecule has 0 saturated carbocycles. The lowest BCUT2D eigenvalue weighted by atomic mass is 9.73. The fourth-order valence-corrected chi connectivity index (χ4v) is 3.70. The molecule has 0 bridgehead atoms. The molecule has 1 fully saturated rings. The van der Waals surface area contributed by atoms with Crippen molar-refractivity contribution in [3.63, 3.8) is 0 Å². The van der Waals surface area contributed by atoms with Gasteiger partial charge in [0.15, 0.2) is 0 Å². The van der Waals surface area contributed by atoms with Gasteiger partial charge in [0.25, 0.3) is 0 Å². The van der Waals surface area contributed by atoms with Crippen molar-refractivity contribution in [1.82, 2.24) is 4.90 Å². The normalized spacial score (nSPS) is 19.1. The van der Waals surface area contributed by atoms with E-state index in [-0.39, 0.29) is 12.0 Å². The Bertz CT molecular complexity index is 695. The summed E-state index contributed by atoms with van der Waals surface area (Å²) in [5.41, 5.74) is 2.22. The Labute approximate surface area is 149 Å². The van der Waals surface area contributed by atoms with Gasteiger partial charge in [0.1, 0.15) is 5.60 Å². The number of ether oxygens (including phenoxy) is 1. The van der Waals surface area contributed by atoms with Gasteiger partial charge in [-0.15, -0.1) is 0 Å². The predicted octanol–water partition coefficient (Wildman–Crippen LogP) is 4.03. The Morgan fingerprint density at radius 3 is 2.44 bits per heavy atom. The third-order valence-corrected chi connectivity index (χ3v) is 5.18. The zero-order valence-corrected chi connectivity index (χ0v) is 15.8. The molecule has 1 saturated heterocycles. The highest BCUT2D eigenvalue weighted by atomic mass is 16.6.